The van der Waals surface area contributed by atoms with Gasteiger partial charge in [0.2, 0.25) is 0 Å². The molecular formula is C15H26N2O. The van der Waals surface area contributed by atoms with Gasteiger partial charge in [-0.1, -0.05) is 26.0 Å². The Bertz CT molecular complexity index is 322. The van der Waals surface area contributed by atoms with Crippen LogP contribution in [0.15, 0.2) is 24.3 Å². The van der Waals surface area contributed by atoms with Gasteiger partial charge in [0.25, 0.3) is 0 Å². The molecule has 0 radical (unpaired) electrons. The molecule has 0 aromatic heterocycles. The van der Waals surface area contributed by atoms with E-state index in [0.29, 0.717) is 5.92 Å². The van der Waals surface area contributed by atoms with E-state index in [1.165, 1.54) is 11.3 Å². The van der Waals surface area contributed by atoms with Crippen LogP contribution in [-0.4, -0.2) is 33.9 Å². The largest absolute Gasteiger partial charge is 0.383 e. The van der Waals surface area contributed by atoms with Crippen LogP contribution in [0.3, 0.4) is 0 Å². The summed E-state index contributed by atoms with van der Waals surface area (Å²) in [4.78, 5) is 2.20. The molecule has 1 aromatic rings. The number of methoxy groups -OCH3 is 1. The molecule has 1 aromatic carbocycles. The van der Waals surface area contributed by atoms with Crippen LogP contribution >= 0.6 is 0 Å². The molecule has 0 atom stereocenters. The molecule has 0 bridgehead atoms. The Labute approximate surface area is 111 Å². The average Bonchev–Trinajstić information content (AvgIpc) is 2.36. The van der Waals surface area contributed by atoms with Gasteiger partial charge in [-0.15, -0.1) is 0 Å². The predicted octanol–water partition coefficient (Wildman–Crippen LogP) is 2.51. The van der Waals surface area contributed by atoms with Crippen LogP contribution < -0.4 is 10.2 Å². The second-order valence-electron chi connectivity index (χ2n) is 5.11. The number of ether oxygens (including phenoxy) is 1. The topological polar surface area (TPSA) is 24.5 Å². The second kappa shape index (κ2) is 8.11. The van der Waals surface area contributed by atoms with E-state index in [1.54, 1.807) is 7.11 Å². The Hall–Kier alpha value is -1.06. The molecule has 18 heavy (non-hydrogen) atoms. The first-order valence-corrected chi connectivity index (χ1v) is 6.63. The standard InChI is InChI=1S/C15H26N2O/c1-13(2)11-16-12-14-5-7-15(8-6-14)17(3)9-10-18-4/h5-8,13,16H,9-12H2,1-4H3. The third kappa shape index (κ3) is 5.52. The second-order valence-corrected chi connectivity index (χ2v) is 5.11. The Morgan fingerprint density at radius 1 is 1.22 bits per heavy atom. The van der Waals surface area contributed by atoms with Gasteiger partial charge in [0.05, 0.1) is 6.61 Å². The number of hydrogen-bond acceptors (Lipinski definition) is 3. The van der Waals surface area contributed by atoms with E-state index in [1.807, 2.05) is 0 Å². The van der Waals surface area contributed by atoms with Crippen molar-refractivity contribution in [2.75, 3.05) is 38.8 Å². The summed E-state index contributed by atoms with van der Waals surface area (Å²) in [6, 6.07) is 8.71. The van der Waals surface area contributed by atoms with E-state index in [4.69, 9.17) is 4.74 Å². The van der Waals surface area contributed by atoms with Gasteiger partial charge >= 0.3 is 0 Å². The summed E-state index contributed by atoms with van der Waals surface area (Å²) < 4.78 is 5.08. The molecule has 0 aliphatic rings. The van der Waals surface area contributed by atoms with E-state index < -0.39 is 0 Å². The smallest absolute Gasteiger partial charge is 0.0637 e. The van der Waals surface area contributed by atoms with Crippen molar-refractivity contribution in [3.8, 4) is 0 Å². The molecule has 0 fully saturated rings. The van der Waals surface area contributed by atoms with Crippen molar-refractivity contribution < 1.29 is 4.74 Å². The van der Waals surface area contributed by atoms with E-state index >= 15 is 0 Å². The molecule has 3 heteroatoms. The summed E-state index contributed by atoms with van der Waals surface area (Å²) in [5.41, 5.74) is 2.57. The summed E-state index contributed by atoms with van der Waals surface area (Å²) >= 11 is 0. The number of rotatable bonds is 8. The van der Waals surface area contributed by atoms with Gasteiger partial charge in [0, 0.05) is 32.9 Å². The summed E-state index contributed by atoms with van der Waals surface area (Å²) in [6.07, 6.45) is 0. The fraction of sp³-hybridized carbons (Fsp3) is 0.600. The van der Waals surface area contributed by atoms with Crippen LogP contribution in [-0.2, 0) is 11.3 Å². The zero-order valence-electron chi connectivity index (χ0n) is 12.1. The normalized spacial score (nSPS) is 10.9. The van der Waals surface area contributed by atoms with Gasteiger partial charge in [0.1, 0.15) is 0 Å². The SMILES string of the molecule is COCCN(C)c1ccc(CNCC(C)C)cc1. The van der Waals surface area contributed by atoms with Gasteiger partial charge in [0.15, 0.2) is 0 Å². The van der Waals surface area contributed by atoms with E-state index in [0.717, 1.165) is 26.2 Å². The molecule has 0 unspecified atom stereocenters. The van der Waals surface area contributed by atoms with Gasteiger partial charge in [-0.2, -0.15) is 0 Å². The van der Waals surface area contributed by atoms with Crippen molar-refractivity contribution in [1.82, 2.24) is 5.32 Å². The molecule has 0 aliphatic carbocycles. The predicted molar refractivity (Wildman–Crippen MR) is 78.1 cm³/mol. The van der Waals surface area contributed by atoms with Gasteiger partial charge in [-0.05, 0) is 30.2 Å². The minimum Gasteiger partial charge on any atom is -0.383 e. The fourth-order valence-electron chi connectivity index (χ4n) is 1.73. The number of nitrogens with one attached hydrogen (secondary N) is 1. The minimum absolute atomic E-state index is 0.699. The highest BCUT2D eigenvalue weighted by Crippen LogP contribution is 2.13. The van der Waals surface area contributed by atoms with Crippen LogP contribution in [0.5, 0.6) is 0 Å². The lowest BCUT2D eigenvalue weighted by Gasteiger charge is -2.19. The molecule has 0 saturated heterocycles. The molecule has 0 amide bonds. The first kappa shape index (κ1) is 15.0. The number of hydrogen-bond donors (Lipinski definition) is 1. The van der Waals surface area contributed by atoms with Gasteiger partial charge < -0.3 is 15.0 Å². The van der Waals surface area contributed by atoms with Crippen molar-refractivity contribution in [2.24, 2.45) is 5.92 Å². The summed E-state index contributed by atoms with van der Waals surface area (Å²) in [5, 5.41) is 3.45. The molecule has 0 spiro atoms. The maximum absolute atomic E-state index is 5.08. The minimum atomic E-state index is 0.699. The van der Waals surface area contributed by atoms with Crippen LogP contribution in [0, 0.1) is 5.92 Å². The first-order valence-electron chi connectivity index (χ1n) is 6.63. The number of likely N-dealkylation sites (N-methyl/N-ethyl adjacent to an activating group) is 1. The Morgan fingerprint density at radius 3 is 2.44 bits per heavy atom. The highest BCUT2D eigenvalue weighted by molar-refractivity contribution is 5.46. The Balaban J connectivity index is 2.41. The molecule has 1 N–H and O–H groups in total. The number of anilines is 1. The lowest BCUT2D eigenvalue weighted by molar-refractivity contribution is 0.206. The average molecular weight is 250 g/mol. The summed E-state index contributed by atoms with van der Waals surface area (Å²) in [6.45, 7) is 8.13. The lowest BCUT2D eigenvalue weighted by atomic mass is 10.2. The third-order valence-corrected chi connectivity index (χ3v) is 2.89. The molecule has 0 heterocycles. The quantitative estimate of drug-likeness (QED) is 0.767. The van der Waals surface area contributed by atoms with Crippen LogP contribution in [0.4, 0.5) is 5.69 Å². The van der Waals surface area contributed by atoms with Crippen molar-refractivity contribution >= 4 is 5.69 Å². The zero-order valence-corrected chi connectivity index (χ0v) is 12.1. The van der Waals surface area contributed by atoms with Crippen LogP contribution in [0.2, 0.25) is 0 Å². The Kier molecular flexibility index (Phi) is 6.76. The monoisotopic (exact) mass is 250 g/mol. The van der Waals surface area contributed by atoms with Crippen LogP contribution in [0.1, 0.15) is 19.4 Å². The number of nitrogens with zero attached hydrogens (tertiary/aromatic N) is 1. The van der Waals surface area contributed by atoms with Crippen molar-refractivity contribution in [1.29, 1.82) is 0 Å². The van der Waals surface area contributed by atoms with Crippen molar-refractivity contribution in [2.45, 2.75) is 20.4 Å². The van der Waals surface area contributed by atoms with E-state index in [-0.39, 0.29) is 0 Å². The van der Waals surface area contributed by atoms with E-state index in [9.17, 15) is 0 Å². The molecular weight excluding hydrogens is 224 g/mol. The highest BCUT2D eigenvalue weighted by atomic mass is 16.5. The summed E-state index contributed by atoms with van der Waals surface area (Å²) in [5.74, 6) is 0.699. The van der Waals surface area contributed by atoms with Crippen molar-refractivity contribution in [3.63, 3.8) is 0 Å². The maximum atomic E-state index is 5.08. The van der Waals surface area contributed by atoms with Gasteiger partial charge in [-0.25, -0.2) is 0 Å². The van der Waals surface area contributed by atoms with Gasteiger partial charge in [-0.3, -0.25) is 0 Å². The highest BCUT2D eigenvalue weighted by Gasteiger charge is 2.00. The lowest BCUT2D eigenvalue weighted by Crippen LogP contribution is -2.22. The molecule has 102 valence electrons. The van der Waals surface area contributed by atoms with Crippen molar-refractivity contribution in [3.05, 3.63) is 29.8 Å². The molecule has 1 rings (SSSR count). The molecule has 3 nitrogen and oxygen atoms in total. The summed E-state index contributed by atoms with van der Waals surface area (Å²) in [7, 11) is 3.82. The van der Waals surface area contributed by atoms with Crippen LogP contribution in [0.25, 0.3) is 0 Å². The Morgan fingerprint density at radius 2 is 1.89 bits per heavy atom. The first-order chi connectivity index (χ1) is 8.63. The zero-order chi connectivity index (χ0) is 13.4. The number of benzene rings is 1. The molecule has 0 aliphatic heterocycles. The third-order valence-electron chi connectivity index (χ3n) is 2.89. The maximum Gasteiger partial charge on any atom is 0.0637 e. The fourth-order valence-corrected chi connectivity index (χ4v) is 1.73. The van der Waals surface area contributed by atoms with E-state index in [2.05, 4.69) is 55.4 Å². The molecule has 0 saturated carbocycles.